The van der Waals surface area contributed by atoms with E-state index in [9.17, 15) is 9.59 Å². The van der Waals surface area contributed by atoms with Gasteiger partial charge in [-0.2, -0.15) is 0 Å². The molecule has 0 radical (unpaired) electrons. The smallest absolute Gasteiger partial charge is 0.265 e. The molecule has 0 atom stereocenters. The van der Waals surface area contributed by atoms with Crippen molar-refractivity contribution in [3.63, 3.8) is 0 Å². The van der Waals surface area contributed by atoms with Crippen LogP contribution in [0, 0.1) is 0 Å². The number of carbonyl (C=O) groups excluding carboxylic acids is 2. The molecule has 6 nitrogen and oxygen atoms in total. The second-order valence-electron chi connectivity index (χ2n) is 12.4. The molecular weight excluding hydrogens is 546 g/mol. The Bertz CT molecular complexity index is 1570. The van der Waals surface area contributed by atoms with Gasteiger partial charge in [-0.15, -0.1) is 0 Å². The average molecular weight is 588 g/mol. The van der Waals surface area contributed by atoms with E-state index in [-0.39, 0.29) is 29.9 Å². The number of piperazine rings is 1. The standard InChI is InChI=1S/C38H41N3O3/c1-4-38(2,3)32-18-19-34-33(25-32)41(35(42)27-44-34)26-28-12-11-17-31(24-28)37(43)40-22-20-39(21-23-40)36(29-13-7-5-8-14-29)30-15-9-6-10-16-30/h5-19,24-25,36H,4,20-23,26-27H2,1-3H3. The van der Waals surface area contributed by atoms with E-state index in [1.165, 1.54) is 16.7 Å². The highest BCUT2D eigenvalue weighted by atomic mass is 16.5. The third-order valence-corrected chi connectivity index (χ3v) is 9.28. The van der Waals surface area contributed by atoms with Gasteiger partial charge in [-0.05, 0) is 58.4 Å². The minimum absolute atomic E-state index is 0.0133. The Morgan fingerprint density at radius 1 is 0.818 bits per heavy atom. The van der Waals surface area contributed by atoms with Crippen LogP contribution in [0.1, 0.15) is 65.8 Å². The summed E-state index contributed by atoms with van der Waals surface area (Å²) in [4.78, 5) is 33.0. The lowest BCUT2D eigenvalue weighted by molar-refractivity contribution is -0.121. The monoisotopic (exact) mass is 587 g/mol. The predicted molar refractivity (Wildman–Crippen MR) is 175 cm³/mol. The lowest BCUT2D eigenvalue weighted by Crippen LogP contribution is -2.49. The predicted octanol–water partition coefficient (Wildman–Crippen LogP) is 6.85. The number of benzene rings is 4. The molecule has 0 N–H and O–H groups in total. The highest BCUT2D eigenvalue weighted by molar-refractivity contribution is 5.98. The molecule has 0 aromatic heterocycles. The summed E-state index contributed by atoms with van der Waals surface area (Å²) in [6.45, 7) is 9.88. The van der Waals surface area contributed by atoms with Gasteiger partial charge in [-0.25, -0.2) is 0 Å². The maximum Gasteiger partial charge on any atom is 0.265 e. The van der Waals surface area contributed by atoms with E-state index in [0.29, 0.717) is 25.2 Å². The Hall–Kier alpha value is -4.42. The van der Waals surface area contributed by atoms with Crippen molar-refractivity contribution in [1.82, 2.24) is 9.80 Å². The van der Waals surface area contributed by atoms with Crippen LogP contribution in [0.4, 0.5) is 5.69 Å². The van der Waals surface area contributed by atoms with Crippen LogP contribution >= 0.6 is 0 Å². The van der Waals surface area contributed by atoms with Crippen LogP contribution in [-0.2, 0) is 16.8 Å². The lowest BCUT2D eigenvalue weighted by atomic mass is 9.82. The zero-order valence-electron chi connectivity index (χ0n) is 25.9. The molecule has 0 bridgehead atoms. The minimum Gasteiger partial charge on any atom is -0.482 e. The topological polar surface area (TPSA) is 53.1 Å². The molecule has 6 rings (SSSR count). The highest BCUT2D eigenvalue weighted by Gasteiger charge is 2.30. The number of nitrogens with zero attached hydrogens (tertiary/aromatic N) is 3. The van der Waals surface area contributed by atoms with Gasteiger partial charge in [-0.1, -0.05) is 99.6 Å². The molecule has 0 unspecified atom stereocenters. The fourth-order valence-electron chi connectivity index (χ4n) is 6.24. The third-order valence-electron chi connectivity index (χ3n) is 9.28. The van der Waals surface area contributed by atoms with Gasteiger partial charge in [0, 0.05) is 31.7 Å². The molecule has 2 heterocycles. The lowest BCUT2D eigenvalue weighted by Gasteiger charge is -2.40. The minimum atomic E-state index is -0.0804. The summed E-state index contributed by atoms with van der Waals surface area (Å²) < 4.78 is 5.77. The van der Waals surface area contributed by atoms with Crippen molar-refractivity contribution in [3.8, 4) is 5.75 Å². The summed E-state index contributed by atoms with van der Waals surface area (Å²) in [5.74, 6) is 0.668. The molecule has 6 heteroatoms. The first-order valence-electron chi connectivity index (χ1n) is 15.6. The fourth-order valence-corrected chi connectivity index (χ4v) is 6.24. The Morgan fingerprint density at radius 3 is 2.11 bits per heavy atom. The molecule has 0 aliphatic carbocycles. The van der Waals surface area contributed by atoms with Crippen molar-refractivity contribution in [2.75, 3.05) is 37.7 Å². The van der Waals surface area contributed by atoms with Gasteiger partial charge < -0.3 is 14.5 Å². The number of fused-ring (bicyclic) bond motifs is 1. The Morgan fingerprint density at radius 2 is 1.48 bits per heavy atom. The van der Waals surface area contributed by atoms with Gasteiger partial charge in [-0.3, -0.25) is 14.5 Å². The maximum atomic E-state index is 13.7. The van der Waals surface area contributed by atoms with Crippen LogP contribution in [0.3, 0.4) is 0 Å². The average Bonchev–Trinajstić information content (AvgIpc) is 3.07. The number of anilines is 1. The van der Waals surface area contributed by atoms with E-state index in [0.717, 1.165) is 36.5 Å². The van der Waals surface area contributed by atoms with Crippen molar-refractivity contribution < 1.29 is 14.3 Å². The van der Waals surface area contributed by atoms with Crippen LogP contribution in [0.2, 0.25) is 0 Å². The molecule has 1 saturated heterocycles. The van der Waals surface area contributed by atoms with Crippen molar-refractivity contribution >= 4 is 17.5 Å². The molecule has 4 aromatic carbocycles. The number of rotatable bonds is 8. The number of hydrogen-bond donors (Lipinski definition) is 0. The fraction of sp³-hybridized carbons (Fsp3) is 0.316. The van der Waals surface area contributed by atoms with Crippen LogP contribution < -0.4 is 9.64 Å². The van der Waals surface area contributed by atoms with Crippen LogP contribution in [0.15, 0.2) is 103 Å². The molecular formula is C38H41N3O3. The summed E-state index contributed by atoms with van der Waals surface area (Å²) >= 11 is 0. The zero-order chi connectivity index (χ0) is 30.7. The molecule has 2 aliphatic rings. The zero-order valence-corrected chi connectivity index (χ0v) is 25.9. The van der Waals surface area contributed by atoms with Crippen molar-refractivity contribution in [1.29, 1.82) is 0 Å². The largest absolute Gasteiger partial charge is 0.482 e. The number of hydrogen-bond acceptors (Lipinski definition) is 4. The SMILES string of the molecule is CCC(C)(C)c1ccc2c(c1)N(Cc1cccc(C(=O)N3CCN(C(c4ccccc4)c4ccccc4)CC3)c1)C(=O)CO2. The van der Waals surface area contributed by atoms with Crippen molar-refractivity contribution in [3.05, 3.63) is 131 Å². The van der Waals surface area contributed by atoms with Crippen LogP contribution in [0.5, 0.6) is 5.75 Å². The first-order valence-corrected chi connectivity index (χ1v) is 15.6. The highest BCUT2D eigenvalue weighted by Crippen LogP contribution is 2.38. The maximum absolute atomic E-state index is 13.7. The van der Waals surface area contributed by atoms with E-state index in [2.05, 4.69) is 86.3 Å². The summed E-state index contributed by atoms with van der Waals surface area (Å²) in [7, 11) is 0. The normalized spacial score (nSPS) is 15.7. The van der Waals surface area contributed by atoms with Gasteiger partial charge in [0.15, 0.2) is 6.61 Å². The Balaban J connectivity index is 1.17. The molecule has 0 spiro atoms. The summed E-state index contributed by atoms with van der Waals surface area (Å²) in [6.07, 6.45) is 0.984. The summed E-state index contributed by atoms with van der Waals surface area (Å²) in [6, 6.07) is 35.2. The number of carbonyl (C=O) groups is 2. The third kappa shape index (κ3) is 6.13. The van der Waals surface area contributed by atoms with E-state index >= 15 is 0 Å². The Kier molecular flexibility index (Phi) is 8.53. The summed E-state index contributed by atoms with van der Waals surface area (Å²) in [5, 5.41) is 0. The van der Waals surface area contributed by atoms with Gasteiger partial charge >= 0.3 is 0 Å². The molecule has 0 saturated carbocycles. The second-order valence-corrected chi connectivity index (χ2v) is 12.4. The van der Waals surface area contributed by atoms with Gasteiger partial charge in [0.25, 0.3) is 11.8 Å². The first kappa shape index (κ1) is 29.6. The van der Waals surface area contributed by atoms with E-state index in [1.54, 1.807) is 4.90 Å². The molecule has 2 amide bonds. The quantitative estimate of drug-likeness (QED) is 0.226. The van der Waals surface area contributed by atoms with Crippen LogP contribution in [-0.4, -0.2) is 54.4 Å². The van der Waals surface area contributed by atoms with Gasteiger partial charge in [0.1, 0.15) is 5.75 Å². The van der Waals surface area contributed by atoms with E-state index in [1.807, 2.05) is 47.4 Å². The van der Waals surface area contributed by atoms with E-state index < -0.39 is 0 Å². The van der Waals surface area contributed by atoms with Gasteiger partial charge in [0.2, 0.25) is 0 Å². The van der Waals surface area contributed by atoms with Crippen LogP contribution in [0.25, 0.3) is 0 Å². The molecule has 1 fully saturated rings. The van der Waals surface area contributed by atoms with Gasteiger partial charge in [0.05, 0.1) is 18.3 Å². The molecule has 2 aliphatic heterocycles. The number of ether oxygens (including phenoxy) is 1. The molecule has 4 aromatic rings. The first-order chi connectivity index (χ1) is 21.3. The van der Waals surface area contributed by atoms with E-state index in [4.69, 9.17) is 4.74 Å². The van der Waals surface area contributed by atoms with Crippen molar-refractivity contribution in [2.45, 2.75) is 45.2 Å². The summed E-state index contributed by atoms with van der Waals surface area (Å²) in [5.41, 5.74) is 6.04. The van der Waals surface area contributed by atoms with Crippen molar-refractivity contribution in [2.24, 2.45) is 0 Å². The molecule has 44 heavy (non-hydrogen) atoms. The Labute approximate surface area is 260 Å². The second kappa shape index (κ2) is 12.7. The molecule has 226 valence electrons. The number of amides is 2.